The molecule has 0 N–H and O–H groups in total. The van der Waals surface area contributed by atoms with Crippen LogP contribution in [0.4, 0.5) is 0 Å². The van der Waals surface area contributed by atoms with E-state index < -0.39 is 0 Å². The molecule has 4 rings (SSSR count). The number of likely N-dealkylation sites (tertiary alicyclic amines) is 2. The molecule has 0 unspecified atom stereocenters. The first kappa shape index (κ1) is 18.6. The number of nitrogens with zero attached hydrogens (tertiary/aromatic N) is 6. The second-order valence-corrected chi connectivity index (χ2v) is 8.09. The van der Waals surface area contributed by atoms with Gasteiger partial charge >= 0.3 is 0 Å². The van der Waals surface area contributed by atoms with Crippen molar-refractivity contribution in [1.82, 2.24) is 29.3 Å². The Balaban J connectivity index is 1.48. The molecule has 2 amide bonds. The monoisotopic (exact) mass is 382 g/mol. The molecule has 2 aromatic heterocycles. The summed E-state index contributed by atoms with van der Waals surface area (Å²) in [7, 11) is 1.84. The highest BCUT2D eigenvalue weighted by molar-refractivity contribution is 5.91. The molecule has 8 nitrogen and oxygen atoms in total. The second kappa shape index (κ2) is 7.33. The molecule has 148 valence electrons. The summed E-state index contributed by atoms with van der Waals surface area (Å²) in [5.41, 5.74) is 1.61. The van der Waals surface area contributed by atoms with Crippen LogP contribution in [-0.4, -0.2) is 60.8 Å². The lowest BCUT2D eigenvalue weighted by atomic mass is 9.73. The lowest BCUT2D eigenvalue weighted by molar-refractivity contribution is -0.139. The van der Waals surface area contributed by atoms with Gasteiger partial charge < -0.3 is 14.4 Å². The maximum atomic E-state index is 12.9. The molecule has 0 bridgehead atoms. The van der Waals surface area contributed by atoms with Crippen molar-refractivity contribution in [3.8, 4) is 0 Å². The average molecular weight is 382 g/mol. The predicted molar refractivity (Wildman–Crippen MR) is 102 cm³/mol. The van der Waals surface area contributed by atoms with Crippen LogP contribution >= 0.6 is 0 Å². The Morgan fingerprint density at radius 1 is 1.18 bits per heavy atom. The highest BCUT2D eigenvalue weighted by Crippen LogP contribution is 2.39. The van der Waals surface area contributed by atoms with E-state index in [1.807, 2.05) is 23.8 Å². The number of aromatic nitrogens is 4. The summed E-state index contributed by atoms with van der Waals surface area (Å²) < 4.78 is 1.76. The van der Waals surface area contributed by atoms with E-state index in [1.165, 1.54) is 0 Å². The number of carbonyl (C=O) groups is 2. The Labute approximate surface area is 164 Å². The van der Waals surface area contributed by atoms with Gasteiger partial charge in [-0.25, -0.2) is 4.98 Å². The van der Waals surface area contributed by atoms with E-state index in [4.69, 9.17) is 0 Å². The number of aryl methyl sites for hydroxylation is 2. The van der Waals surface area contributed by atoms with Gasteiger partial charge in [0.1, 0.15) is 0 Å². The molecule has 2 aliphatic heterocycles. The third-order valence-corrected chi connectivity index (χ3v) is 5.90. The summed E-state index contributed by atoms with van der Waals surface area (Å²) in [5.74, 6) is 0.593. The number of hydrogen-bond acceptors (Lipinski definition) is 5. The van der Waals surface area contributed by atoms with Crippen molar-refractivity contribution in [2.75, 3.05) is 19.6 Å². The van der Waals surface area contributed by atoms with Crippen molar-refractivity contribution in [3.63, 3.8) is 0 Å². The van der Waals surface area contributed by atoms with E-state index in [0.29, 0.717) is 31.9 Å². The molecule has 28 heavy (non-hydrogen) atoms. The van der Waals surface area contributed by atoms with Crippen LogP contribution in [0, 0.1) is 12.3 Å². The van der Waals surface area contributed by atoms with E-state index in [1.54, 1.807) is 29.4 Å². The van der Waals surface area contributed by atoms with Crippen molar-refractivity contribution in [2.45, 2.75) is 39.2 Å². The average Bonchev–Trinajstić information content (AvgIpc) is 3.12. The molecule has 2 fully saturated rings. The number of amides is 2. The van der Waals surface area contributed by atoms with E-state index >= 15 is 0 Å². The zero-order chi connectivity index (χ0) is 19.7. The first-order valence-electron chi connectivity index (χ1n) is 9.78. The van der Waals surface area contributed by atoms with Gasteiger partial charge in [0.25, 0.3) is 5.91 Å². The first-order valence-corrected chi connectivity index (χ1v) is 9.78. The number of carbonyl (C=O) groups excluding carboxylic acids is 2. The Bertz CT molecular complexity index is 877. The summed E-state index contributed by atoms with van der Waals surface area (Å²) >= 11 is 0. The lowest BCUT2D eigenvalue weighted by Crippen LogP contribution is -2.55. The molecule has 0 aromatic carbocycles. The van der Waals surface area contributed by atoms with Gasteiger partial charge in [0.2, 0.25) is 5.91 Å². The van der Waals surface area contributed by atoms with Crippen molar-refractivity contribution < 1.29 is 9.59 Å². The third kappa shape index (κ3) is 3.63. The second-order valence-electron chi connectivity index (χ2n) is 8.09. The molecule has 8 heteroatoms. The zero-order valence-corrected chi connectivity index (χ0v) is 16.5. The molecule has 2 aliphatic rings. The Morgan fingerprint density at radius 2 is 2.04 bits per heavy atom. The number of hydrogen-bond donors (Lipinski definition) is 0. The largest absolute Gasteiger partial charge is 0.336 e. The molecular formula is C20H26N6O2. The predicted octanol–water partition coefficient (Wildman–Crippen LogP) is 1.56. The molecule has 2 aromatic rings. The van der Waals surface area contributed by atoms with Crippen LogP contribution in [0.5, 0.6) is 0 Å². The summed E-state index contributed by atoms with van der Waals surface area (Å²) in [5, 5.41) is 0. The molecule has 0 radical (unpaired) electrons. The van der Waals surface area contributed by atoms with Gasteiger partial charge in [-0.1, -0.05) is 0 Å². The highest BCUT2D eigenvalue weighted by atomic mass is 16.2. The molecule has 0 aliphatic carbocycles. The van der Waals surface area contributed by atoms with Gasteiger partial charge in [-0.3, -0.25) is 19.6 Å². The smallest absolute Gasteiger partial charge is 0.289 e. The van der Waals surface area contributed by atoms with Crippen LogP contribution in [0.15, 0.2) is 24.8 Å². The molecule has 0 saturated carbocycles. The fraction of sp³-hybridized carbons (Fsp3) is 0.550. The normalized spacial score (nSPS) is 22.7. The van der Waals surface area contributed by atoms with E-state index in [2.05, 4.69) is 15.0 Å². The van der Waals surface area contributed by atoms with Gasteiger partial charge in [0.15, 0.2) is 5.82 Å². The Kier molecular flexibility index (Phi) is 4.87. The number of piperidine rings is 2. The maximum Gasteiger partial charge on any atom is 0.289 e. The minimum absolute atomic E-state index is 0.0283. The SMILES string of the molecule is Cc1cnc(CN2C[C@@]3(CCCN(C(=O)c4nccn4C)C3)CCC2=O)cn1. The van der Waals surface area contributed by atoms with Gasteiger partial charge in [-0.2, -0.15) is 0 Å². The Hall–Kier alpha value is -2.77. The van der Waals surface area contributed by atoms with Crippen LogP contribution in [0.1, 0.15) is 47.7 Å². The van der Waals surface area contributed by atoms with Crippen LogP contribution < -0.4 is 0 Å². The highest BCUT2D eigenvalue weighted by Gasteiger charge is 2.43. The molecule has 2 saturated heterocycles. The van der Waals surface area contributed by atoms with Gasteiger partial charge in [0.05, 0.1) is 24.1 Å². The van der Waals surface area contributed by atoms with E-state index in [0.717, 1.165) is 37.2 Å². The minimum atomic E-state index is -0.0505. The Morgan fingerprint density at radius 3 is 2.75 bits per heavy atom. The van der Waals surface area contributed by atoms with Crippen molar-refractivity contribution in [2.24, 2.45) is 12.5 Å². The fourth-order valence-electron chi connectivity index (χ4n) is 4.37. The quantitative estimate of drug-likeness (QED) is 0.804. The van der Waals surface area contributed by atoms with Gasteiger partial charge in [-0.05, 0) is 26.2 Å². The first-order chi connectivity index (χ1) is 13.5. The van der Waals surface area contributed by atoms with Crippen LogP contribution in [0.3, 0.4) is 0 Å². The third-order valence-electron chi connectivity index (χ3n) is 5.90. The summed E-state index contributed by atoms with van der Waals surface area (Å²) in [4.78, 5) is 42.1. The van der Waals surface area contributed by atoms with Crippen LogP contribution in [0.25, 0.3) is 0 Å². The minimum Gasteiger partial charge on any atom is -0.336 e. The lowest BCUT2D eigenvalue weighted by Gasteiger charge is -2.48. The summed E-state index contributed by atoms with van der Waals surface area (Å²) in [6.07, 6.45) is 10.2. The van der Waals surface area contributed by atoms with E-state index in [-0.39, 0.29) is 17.2 Å². The molecular weight excluding hydrogens is 356 g/mol. The molecule has 1 spiro atoms. The summed E-state index contributed by atoms with van der Waals surface area (Å²) in [6, 6.07) is 0. The van der Waals surface area contributed by atoms with Crippen molar-refractivity contribution >= 4 is 11.8 Å². The summed E-state index contributed by atoms with van der Waals surface area (Å²) in [6.45, 7) is 4.44. The van der Waals surface area contributed by atoms with Crippen LogP contribution in [0.2, 0.25) is 0 Å². The fourth-order valence-corrected chi connectivity index (χ4v) is 4.37. The molecule has 4 heterocycles. The van der Waals surface area contributed by atoms with Gasteiger partial charge in [0, 0.05) is 57.1 Å². The van der Waals surface area contributed by atoms with Gasteiger partial charge in [-0.15, -0.1) is 0 Å². The number of imidazole rings is 1. The number of rotatable bonds is 3. The van der Waals surface area contributed by atoms with E-state index in [9.17, 15) is 9.59 Å². The van der Waals surface area contributed by atoms with Crippen molar-refractivity contribution in [1.29, 1.82) is 0 Å². The molecule has 1 atom stereocenters. The zero-order valence-electron chi connectivity index (χ0n) is 16.5. The maximum absolute atomic E-state index is 12.9. The standard InChI is InChI=1S/C20H26N6O2/c1-15-10-23-16(11-22-15)12-26-14-20(6-4-17(26)27)5-3-8-25(13-20)19(28)18-21-7-9-24(18)2/h7,9-11H,3-6,8,12-14H2,1-2H3/t20-/m0/s1. The topological polar surface area (TPSA) is 84.2 Å². The van der Waals surface area contributed by atoms with Crippen LogP contribution in [-0.2, 0) is 18.4 Å². The van der Waals surface area contributed by atoms with Crippen molar-refractivity contribution in [3.05, 3.63) is 42.0 Å².